The average Bonchev–Trinajstić information content (AvgIpc) is 2.61. The summed E-state index contributed by atoms with van der Waals surface area (Å²) in [4.78, 5) is 16.7. The average molecular weight is 433 g/mol. The third-order valence-electron chi connectivity index (χ3n) is 4.41. The predicted octanol–water partition coefficient (Wildman–Crippen LogP) is 3.99. The van der Waals surface area contributed by atoms with Gasteiger partial charge in [-0.1, -0.05) is 23.2 Å². The summed E-state index contributed by atoms with van der Waals surface area (Å²) >= 11 is 12.1. The molecule has 1 fully saturated rings. The van der Waals surface area contributed by atoms with E-state index in [0.717, 1.165) is 17.8 Å². The molecule has 0 saturated carbocycles. The SMILES string of the molecule is CN(Cc1cc(Cl)cc(Cl)c1)C(=O)C1CNCCN1c1ccc(F)cc1.Cl. The molecule has 1 atom stereocenters. The highest BCUT2D eigenvalue weighted by atomic mass is 35.5. The van der Waals surface area contributed by atoms with E-state index in [9.17, 15) is 9.18 Å². The van der Waals surface area contributed by atoms with Crippen LogP contribution in [0.4, 0.5) is 10.1 Å². The van der Waals surface area contributed by atoms with Crippen LogP contribution in [-0.4, -0.2) is 43.5 Å². The normalized spacial score (nSPS) is 16.6. The van der Waals surface area contributed by atoms with Gasteiger partial charge in [-0.15, -0.1) is 12.4 Å². The van der Waals surface area contributed by atoms with Crippen molar-refractivity contribution in [2.24, 2.45) is 0 Å². The van der Waals surface area contributed by atoms with Crippen molar-refractivity contribution in [2.75, 3.05) is 31.6 Å². The van der Waals surface area contributed by atoms with Gasteiger partial charge in [-0.25, -0.2) is 4.39 Å². The van der Waals surface area contributed by atoms with Gasteiger partial charge in [-0.2, -0.15) is 0 Å². The quantitative estimate of drug-likeness (QED) is 0.793. The van der Waals surface area contributed by atoms with E-state index in [2.05, 4.69) is 5.32 Å². The first-order valence-electron chi connectivity index (χ1n) is 8.37. The maximum atomic E-state index is 13.2. The Bertz CT molecular complexity index is 768. The molecule has 146 valence electrons. The number of amides is 1. The number of nitrogens with one attached hydrogen (secondary N) is 1. The molecule has 4 nitrogen and oxygen atoms in total. The van der Waals surface area contributed by atoms with Gasteiger partial charge in [0.05, 0.1) is 0 Å². The molecule has 1 N–H and O–H groups in total. The van der Waals surface area contributed by atoms with Crippen molar-refractivity contribution >= 4 is 47.2 Å². The van der Waals surface area contributed by atoms with E-state index in [1.807, 2.05) is 4.90 Å². The molecule has 1 aliphatic rings. The zero-order chi connectivity index (χ0) is 18.7. The first-order chi connectivity index (χ1) is 12.4. The van der Waals surface area contributed by atoms with Crippen LogP contribution < -0.4 is 10.2 Å². The van der Waals surface area contributed by atoms with E-state index in [1.54, 1.807) is 42.3 Å². The Balaban J connectivity index is 0.00000261. The molecule has 1 saturated heterocycles. The molecule has 2 aromatic rings. The minimum absolute atomic E-state index is 0. The van der Waals surface area contributed by atoms with Gasteiger partial charge >= 0.3 is 0 Å². The summed E-state index contributed by atoms with van der Waals surface area (Å²) in [6.45, 7) is 2.40. The van der Waals surface area contributed by atoms with Gasteiger partial charge in [0.25, 0.3) is 0 Å². The van der Waals surface area contributed by atoms with Crippen molar-refractivity contribution in [3.05, 3.63) is 63.9 Å². The Hall–Kier alpha value is -1.53. The highest BCUT2D eigenvalue weighted by Crippen LogP contribution is 2.22. The van der Waals surface area contributed by atoms with Crippen LogP contribution in [0.3, 0.4) is 0 Å². The maximum Gasteiger partial charge on any atom is 0.246 e. The van der Waals surface area contributed by atoms with Gasteiger partial charge < -0.3 is 15.1 Å². The number of carbonyl (C=O) groups excluding carboxylic acids is 1. The van der Waals surface area contributed by atoms with E-state index in [1.165, 1.54) is 12.1 Å². The lowest BCUT2D eigenvalue weighted by atomic mass is 10.1. The summed E-state index contributed by atoms with van der Waals surface area (Å²) < 4.78 is 13.2. The monoisotopic (exact) mass is 431 g/mol. The first kappa shape index (κ1) is 21.8. The zero-order valence-corrected chi connectivity index (χ0v) is 17.1. The number of carbonyl (C=O) groups is 1. The Morgan fingerprint density at radius 2 is 1.85 bits per heavy atom. The number of halogens is 4. The lowest BCUT2D eigenvalue weighted by Crippen LogP contribution is -2.58. The fraction of sp³-hybridized carbons (Fsp3) is 0.316. The number of hydrogen-bond donors (Lipinski definition) is 1. The van der Waals surface area contributed by atoms with Crippen molar-refractivity contribution in [3.63, 3.8) is 0 Å². The molecule has 0 aromatic heterocycles. The summed E-state index contributed by atoms with van der Waals surface area (Å²) in [7, 11) is 1.76. The van der Waals surface area contributed by atoms with Crippen LogP contribution in [0, 0.1) is 5.82 Å². The molecule has 1 amide bonds. The third kappa shape index (κ3) is 5.48. The lowest BCUT2D eigenvalue weighted by molar-refractivity contribution is -0.132. The van der Waals surface area contributed by atoms with Crippen molar-refractivity contribution in [3.8, 4) is 0 Å². The Morgan fingerprint density at radius 1 is 1.22 bits per heavy atom. The first-order valence-corrected chi connectivity index (χ1v) is 9.12. The van der Waals surface area contributed by atoms with Crippen molar-refractivity contribution < 1.29 is 9.18 Å². The van der Waals surface area contributed by atoms with Crippen molar-refractivity contribution in [1.82, 2.24) is 10.2 Å². The van der Waals surface area contributed by atoms with Crippen LogP contribution >= 0.6 is 35.6 Å². The number of hydrogen-bond acceptors (Lipinski definition) is 3. The second-order valence-corrected chi connectivity index (χ2v) is 7.23. The van der Waals surface area contributed by atoms with Gasteiger partial charge in [0.2, 0.25) is 5.91 Å². The fourth-order valence-corrected chi connectivity index (χ4v) is 3.75. The van der Waals surface area contributed by atoms with E-state index in [4.69, 9.17) is 23.2 Å². The molecule has 1 aliphatic heterocycles. The number of piperazine rings is 1. The number of benzene rings is 2. The molecule has 8 heteroatoms. The topological polar surface area (TPSA) is 35.6 Å². The van der Waals surface area contributed by atoms with Gasteiger partial charge in [-0.05, 0) is 48.0 Å². The number of likely N-dealkylation sites (N-methyl/N-ethyl adjacent to an activating group) is 1. The van der Waals surface area contributed by atoms with Crippen LogP contribution in [0.2, 0.25) is 10.0 Å². The minimum Gasteiger partial charge on any atom is -0.357 e. The van der Waals surface area contributed by atoms with E-state index in [-0.39, 0.29) is 30.2 Å². The molecule has 0 bridgehead atoms. The summed E-state index contributed by atoms with van der Waals surface area (Å²) in [5.41, 5.74) is 1.71. The molecule has 1 heterocycles. The molecular weight excluding hydrogens is 412 g/mol. The standard InChI is InChI=1S/C19H20Cl2FN3O.ClH/c1-24(12-13-8-14(20)10-15(21)9-13)19(26)18-11-23-6-7-25(18)17-4-2-16(22)3-5-17;/h2-5,8-10,18,23H,6-7,11-12H2,1H3;1H. The molecule has 0 spiro atoms. The van der Waals surface area contributed by atoms with Crippen LogP contribution in [0.1, 0.15) is 5.56 Å². The van der Waals surface area contributed by atoms with Gasteiger partial charge in [0, 0.05) is 49.0 Å². The molecular formula is C19H21Cl3FN3O. The van der Waals surface area contributed by atoms with Crippen molar-refractivity contribution in [1.29, 1.82) is 0 Å². The lowest BCUT2D eigenvalue weighted by Gasteiger charge is -2.38. The predicted molar refractivity (Wildman–Crippen MR) is 111 cm³/mol. The Labute approximate surface area is 174 Å². The van der Waals surface area contributed by atoms with Crippen molar-refractivity contribution in [2.45, 2.75) is 12.6 Å². The molecule has 3 rings (SSSR count). The third-order valence-corrected chi connectivity index (χ3v) is 4.84. The smallest absolute Gasteiger partial charge is 0.246 e. The largest absolute Gasteiger partial charge is 0.357 e. The molecule has 0 radical (unpaired) electrons. The zero-order valence-electron chi connectivity index (χ0n) is 14.8. The summed E-state index contributed by atoms with van der Waals surface area (Å²) in [6, 6.07) is 11.1. The second kappa shape index (κ2) is 9.60. The van der Waals surface area contributed by atoms with Gasteiger partial charge in [0.1, 0.15) is 11.9 Å². The van der Waals surface area contributed by atoms with E-state index < -0.39 is 0 Å². The Morgan fingerprint density at radius 3 is 2.48 bits per heavy atom. The Kier molecular flexibility index (Phi) is 7.74. The maximum absolute atomic E-state index is 13.2. The molecule has 27 heavy (non-hydrogen) atoms. The highest BCUT2D eigenvalue weighted by Gasteiger charge is 2.31. The fourth-order valence-electron chi connectivity index (χ4n) is 3.17. The number of nitrogens with zero attached hydrogens (tertiary/aromatic N) is 2. The van der Waals surface area contributed by atoms with Gasteiger partial charge in [-0.3, -0.25) is 4.79 Å². The van der Waals surface area contributed by atoms with Crippen LogP contribution in [0.15, 0.2) is 42.5 Å². The number of anilines is 1. The molecule has 1 unspecified atom stereocenters. The summed E-state index contributed by atoms with van der Waals surface area (Å²) in [6.07, 6.45) is 0. The van der Waals surface area contributed by atoms with E-state index >= 15 is 0 Å². The second-order valence-electron chi connectivity index (χ2n) is 6.36. The van der Waals surface area contributed by atoms with Crippen LogP contribution in [-0.2, 0) is 11.3 Å². The highest BCUT2D eigenvalue weighted by molar-refractivity contribution is 6.34. The molecule has 0 aliphatic carbocycles. The van der Waals surface area contributed by atoms with Crippen LogP contribution in [0.5, 0.6) is 0 Å². The minimum atomic E-state index is -0.353. The van der Waals surface area contributed by atoms with Gasteiger partial charge in [0.15, 0.2) is 0 Å². The summed E-state index contributed by atoms with van der Waals surface area (Å²) in [5.74, 6) is -0.306. The number of rotatable bonds is 4. The summed E-state index contributed by atoms with van der Waals surface area (Å²) in [5, 5.41) is 4.34. The van der Waals surface area contributed by atoms with Crippen LogP contribution in [0.25, 0.3) is 0 Å². The molecule has 2 aromatic carbocycles. The van der Waals surface area contributed by atoms with E-state index in [0.29, 0.717) is 29.7 Å².